The van der Waals surface area contributed by atoms with E-state index in [1.54, 1.807) is 6.08 Å². The first-order valence-corrected chi connectivity index (χ1v) is 10.3. The van der Waals surface area contributed by atoms with Gasteiger partial charge in [0.2, 0.25) is 11.0 Å². The largest absolute Gasteiger partial charge is 0.489 e. The van der Waals surface area contributed by atoms with E-state index >= 15 is 0 Å². The second kappa shape index (κ2) is 9.45. The molecule has 3 aromatic rings. The van der Waals surface area contributed by atoms with Crippen molar-refractivity contribution in [1.29, 1.82) is 0 Å². The summed E-state index contributed by atoms with van der Waals surface area (Å²) >= 11 is 1.36. The summed E-state index contributed by atoms with van der Waals surface area (Å²) in [6.45, 7) is 1.28. The van der Waals surface area contributed by atoms with Crippen molar-refractivity contribution in [2.75, 3.05) is 11.9 Å². The van der Waals surface area contributed by atoms with E-state index in [4.69, 9.17) is 9.47 Å². The monoisotopic (exact) mass is 407 g/mol. The summed E-state index contributed by atoms with van der Waals surface area (Å²) in [7, 11) is 0. The average Bonchev–Trinajstić information content (AvgIpc) is 3.44. The molecule has 2 heterocycles. The van der Waals surface area contributed by atoms with E-state index in [2.05, 4.69) is 15.5 Å². The zero-order valence-corrected chi connectivity index (χ0v) is 16.6. The van der Waals surface area contributed by atoms with Crippen LogP contribution in [-0.4, -0.2) is 22.7 Å². The van der Waals surface area contributed by atoms with Crippen LogP contribution in [0.4, 0.5) is 5.13 Å². The number of ether oxygens (including phenoxy) is 2. The molecular weight excluding hydrogens is 386 g/mol. The van der Waals surface area contributed by atoms with Crippen molar-refractivity contribution in [2.45, 2.75) is 25.6 Å². The molecule has 1 aliphatic heterocycles. The lowest BCUT2D eigenvalue weighted by atomic mass is 10.2. The van der Waals surface area contributed by atoms with E-state index in [1.807, 2.05) is 54.6 Å². The van der Waals surface area contributed by atoms with Gasteiger partial charge in [0.1, 0.15) is 23.5 Å². The SMILES string of the molecule is O=C(/C=C/c1ccc(OCc2ccccc2)cc1)Nc1nnc([C@H]2CCCO2)s1. The summed E-state index contributed by atoms with van der Waals surface area (Å²) in [5.41, 5.74) is 2.02. The highest BCUT2D eigenvalue weighted by Gasteiger charge is 2.22. The van der Waals surface area contributed by atoms with Crippen LogP contribution in [0, 0.1) is 0 Å². The second-order valence-corrected chi connectivity index (χ2v) is 7.62. The molecule has 0 bridgehead atoms. The Morgan fingerprint density at radius 1 is 1.17 bits per heavy atom. The Kier molecular flexibility index (Phi) is 6.29. The summed E-state index contributed by atoms with van der Waals surface area (Å²) in [6.07, 6.45) is 5.22. The molecular formula is C22H21N3O3S. The van der Waals surface area contributed by atoms with Gasteiger partial charge < -0.3 is 9.47 Å². The number of nitrogens with one attached hydrogen (secondary N) is 1. The number of carbonyl (C=O) groups excluding carboxylic acids is 1. The smallest absolute Gasteiger partial charge is 0.250 e. The fraction of sp³-hybridized carbons (Fsp3) is 0.227. The van der Waals surface area contributed by atoms with Gasteiger partial charge in [0, 0.05) is 12.7 Å². The fourth-order valence-electron chi connectivity index (χ4n) is 2.92. The van der Waals surface area contributed by atoms with Gasteiger partial charge in [-0.05, 0) is 42.2 Å². The van der Waals surface area contributed by atoms with E-state index in [0.717, 1.165) is 41.3 Å². The topological polar surface area (TPSA) is 73.3 Å². The van der Waals surface area contributed by atoms with Gasteiger partial charge in [0.25, 0.3) is 0 Å². The van der Waals surface area contributed by atoms with E-state index < -0.39 is 0 Å². The third kappa shape index (κ3) is 5.49. The van der Waals surface area contributed by atoms with Gasteiger partial charge in [0.05, 0.1) is 0 Å². The number of aromatic nitrogens is 2. The molecule has 6 nitrogen and oxygen atoms in total. The highest BCUT2D eigenvalue weighted by Crippen LogP contribution is 2.31. The number of hydrogen-bond donors (Lipinski definition) is 1. The quantitative estimate of drug-likeness (QED) is 0.579. The first-order valence-electron chi connectivity index (χ1n) is 9.47. The Morgan fingerprint density at radius 3 is 2.76 bits per heavy atom. The van der Waals surface area contributed by atoms with Crippen LogP contribution in [0.1, 0.15) is 35.1 Å². The zero-order valence-electron chi connectivity index (χ0n) is 15.8. The minimum atomic E-state index is -0.246. The highest BCUT2D eigenvalue weighted by atomic mass is 32.1. The summed E-state index contributed by atoms with van der Waals surface area (Å²) in [4.78, 5) is 12.1. The van der Waals surface area contributed by atoms with Crippen molar-refractivity contribution < 1.29 is 14.3 Å². The van der Waals surface area contributed by atoms with E-state index in [9.17, 15) is 4.79 Å². The Morgan fingerprint density at radius 2 is 2.00 bits per heavy atom. The van der Waals surface area contributed by atoms with Crippen molar-refractivity contribution >= 4 is 28.5 Å². The molecule has 29 heavy (non-hydrogen) atoms. The summed E-state index contributed by atoms with van der Waals surface area (Å²) in [6, 6.07) is 17.6. The van der Waals surface area contributed by atoms with Crippen molar-refractivity contribution in [2.24, 2.45) is 0 Å². The first kappa shape index (κ1) is 19.3. The molecule has 148 valence electrons. The molecule has 7 heteroatoms. The van der Waals surface area contributed by atoms with Gasteiger partial charge in [0.15, 0.2) is 0 Å². The number of benzene rings is 2. The number of anilines is 1. The van der Waals surface area contributed by atoms with Crippen LogP contribution in [-0.2, 0) is 16.1 Å². The molecule has 1 saturated heterocycles. The van der Waals surface area contributed by atoms with Crippen LogP contribution in [0.2, 0.25) is 0 Å². The molecule has 1 atom stereocenters. The average molecular weight is 407 g/mol. The van der Waals surface area contributed by atoms with Crippen molar-refractivity contribution in [3.63, 3.8) is 0 Å². The molecule has 1 aliphatic rings. The fourth-order valence-corrected chi connectivity index (χ4v) is 3.75. The minimum Gasteiger partial charge on any atom is -0.489 e. The van der Waals surface area contributed by atoms with Crippen molar-refractivity contribution in [1.82, 2.24) is 10.2 Å². The first-order chi connectivity index (χ1) is 14.3. The van der Waals surface area contributed by atoms with Crippen LogP contribution in [0.25, 0.3) is 6.08 Å². The Labute approximate surface area is 173 Å². The van der Waals surface area contributed by atoms with Crippen LogP contribution < -0.4 is 10.1 Å². The standard InChI is InChI=1S/C22H21N3O3S/c26-20(23-22-25-24-21(29-22)19-7-4-14-27-19)13-10-16-8-11-18(12-9-16)28-15-17-5-2-1-3-6-17/h1-3,5-6,8-13,19H,4,7,14-15H2,(H,23,25,26)/b13-10+/t19-/m1/s1. The van der Waals surface area contributed by atoms with Crippen LogP contribution in [0.15, 0.2) is 60.7 Å². The van der Waals surface area contributed by atoms with Crippen molar-refractivity contribution in [3.8, 4) is 5.75 Å². The number of rotatable bonds is 7. The molecule has 1 fully saturated rings. The Hall–Kier alpha value is -3.03. The normalized spacial score (nSPS) is 16.2. The van der Waals surface area contributed by atoms with Gasteiger partial charge in [-0.1, -0.05) is 53.8 Å². The number of nitrogens with zero attached hydrogens (tertiary/aromatic N) is 2. The third-order valence-corrected chi connectivity index (χ3v) is 5.36. The summed E-state index contributed by atoms with van der Waals surface area (Å²) in [5, 5.41) is 12.2. The molecule has 2 aromatic carbocycles. The minimum absolute atomic E-state index is 0.0105. The molecule has 1 aromatic heterocycles. The zero-order chi connectivity index (χ0) is 19.9. The molecule has 1 N–H and O–H groups in total. The highest BCUT2D eigenvalue weighted by molar-refractivity contribution is 7.15. The molecule has 0 saturated carbocycles. The Bertz CT molecular complexity index is 964. The third-order valence-electron chi connectivity index (χ3n) is 4.43. The maximum absolute atomic E-state index is 12.1. The lowest BCUT2D eigenvalue weighted by Gasteiger charge is -2.06. The van der Waals surface area contributed by atoms with E-state index in [0.29, 0.717) is 11.7 Å². The van der Waals surface area contributed by atoms with Gasteiger partial charge in [-0.3, -0.25) is 10.1 Å². The predicted octanol–water partition coefficient (Wildman–Crippen LogP) is 4.62. The Balaban J connectivity index is 1.27. The molecule has 1 amide bonds. The predicted molar refractivity (Wildman–Crippen MR) is 113 cm³/mol. The molecule has 0 radical (unpaired) electrons. The van der Waals surface area contributed by atoms with Gasteiger partial charge in [-0.15, -0.1) is 10.2 Å². The summed E-state index contributed by atoms with van der Waals surface area (Å²) in [5.74, 6) is 0.537. The molecule has 4 rings (SSSR count). The lowest BCUT2D eigenvalue weighted by molar-refractivity contribution is -0.111. The van der Waals surface area contributed by atoms with E-state index in [-0.39, 0.29) is 12.0 Å². The lowest BCUT2D eigenvalue weighted by Crippen LogP contribution is -2.07. The maximum Gasteiger partial charge on any atom is 0.250 e. The van der Waals surface area contributed by atoms with Crippen LogP contribution in [0.5, 0.6) is 5.75 Å². The van der Waals surface area contributed by atoms with Crippen LogP contribution >= 0.6 is 11.3 Å². The summed E-state index contributed by atoms with van der Waals surface area (Å²) < 4.78 is 11.4. The van der Waals surface area contributed by atoms with Gasteiger partial charge >= 0.3 is 0 Å². The number of carbonyl (C=O) groups is 1. The number of hydrogen-bond acceptors (Lipinski definition) is 6. The molecule has 0 aliphatic carbocycles. The van der Waals surface area contributed by atoms with E-state index in [1.165, 1.54) is 17.4 Å². The van der Waals surface area contributed by atoms with Crippen molar-refractivity contribution in [3.05, 3.63) is 76.8 Å². The molecule has 0 spiro atoms. The number of amides is 1. The van der Waals surface area contributed by atoms with Gasteiger partial charge in [-0.2, -0.15) is 0 Å². The van der Waals surface area contributed by atoms with Gasteiger partial charge in [-0.25, -0.2) is 0 Å². The van der Waals surface area contributed by atoms with Crippen LogP contribution in [0.3, 0.4) is 0 Å². The molecule has 0 unspecified atom stereocenters. The maximum atomic E-state index is 12.1. The second-order valence-electron chi connectivity index (χ2n) is 6.61.